The molecular weight excluding hydrogens is 260 g/mol. The van der Waals surface area contributed by atoms with Crippen molar-refractivity contribution in [3.8, 4) is 16.9 Å². The fourth-order valence-electron chi connectivity index (χ4n) is 2.97. The zero-order valence-electron chi connectivity index (χ0n) is 11.9. The van der Waals surface area contributed by atoms with Crippen molar-refractivity contribution in [1.82, 2.24) is 14.5 Å². The van der Waals surface area contributed by atoms with Gasteiger partial charge in [0.15, 0.2) is 0 Å². The average molecular weight is 276 g/mol. The lowest BCUT2D eigenvalue weighted by Crippen LogP contribution is -2.01. The van der Waals surface area contributed by atoms with E-state index in [1.807, 2.05) is 31.7 Å². The van der Waals surface area contributed by atoms with Gasteiger partial charge >= 0.3 is 0 Å². The standard InChI is InChI=1S/C17H16N4/c1-12-15(6-3-8-19-12)21-11-18-10-16(21)14-5-2-4-13-7-9-20-17(13)14/h2-6,8,10-11,20H,7,9H2,1H3. The molecule has 0 saturated heterocycles. The average Bonchev–Trinajstić information content (AvgIpc) is 3.16. The lowest BCUT2D eigenvalue weighted by atomic mass is 10.1. The number of nitrogens with one attached hydrogen (secondary N) is 1. The quantitative estimate of drug-likeness (QED) is 0.781. The van der Waals surface area contributed by atoms with E-state index in [4.69, 9.17) is 0 Å². The highest BCUT2D eigenvalue weighted by atomic mass is 15.1. The SMILES string of the molecule is Cc1ncccc1-n1cncc1-c1cccc2c1NCC2. The normalized spacial score (nSPS) is 13.0. The van der Waals surface area contributed by atoms with E-state index in [9.17, 15) is 0 Å². The third kappa shape index (κ3) is 1.91. The molecule has 3 heterocycles. The molecular formula is C17H16N4. The predicted molar refractivity (Wildman–Crippen MR) is 83.7 cm³/mol. The number of pyridine rings is 1. The van der Waals surface area contributed by atoms with Gasteiger partial charge in [0.05, 0.1) is 29.6 Å². The number of para-hydroxylation sites is 1. The van der Waals surface area contributed by atoms with Crippen LogP contribution in [0.15, 0.2) is 49.1 Å². The first-order chi connectivity index (χ1) is 10.3. The van der Waals surface area contributed by atoms with Crippen molar-refractivity contribution in [2.75, 3.05) is 11.9 Å². The van der Waals surface area contributed by atoms with Gasteiger partial charge < -0.3 is 5.32 Å². The molecule has 2 aromatic heterocycles. The minimum absolute atomic E-state index is 0.997. The highest BCUT2D eigenvalue weighted by Crippen LogP contribution is 2.35. The molecule has 0 amide bonds. The van der Waals surface area contributed by atoms with Gasteiger partial charge in [-0.1, -0.05) is 18.2 Å². The van der Waals surface area contributed by atoms with Crippen LogP contribution < -0.4 is 5.32 Å². The zero-order chi connectivity index (χ0) is 14.2. The van der Waals surface area contributed by atoms with Crippen LogP contribution in [-0.2, 0) is 6.42 Å². The topological polar surface area (TPSA) is 42.7 Å². The third-order valence-corrected chi connectivity index (χ3v) is 4.00. The maximum Gasteiger partial charge on any atom is 0.0997 e. The summed E-state index contributed by atoms with van der Waals surface area (Å²) >= 11 is 0. The van der Waals surface area contributed by atoms with Crippen LogP contribution in [0.25, 0.3) is 16.9 Å². The van der Waals surface area contributed by atoms with Gasteiger partial charge in [-0.05, 0) is 31.0 Å². The Labute approximate surface area is 123 Å². The molecule has 0 aliphatic carbocycles. The van der Waals surface area contributed by atoms with Crippen molar-refractivity contribution < 1.29 is 0 Å². The molecule has 4 heteroatoms. The van der Waals surface area contributed by atoms with E-state index in [0.717, 1.165) is 30.0 Å². The number of fused-ring (bicyclic) bond motifs is 1. The Morgan fingerprint density at radius 2 is 2.14 bits per heavy atom. The highest BCUT2D eigenvalue weighted by molar-refractivity contribution is 5.80. The molecule has 104 valence electrons. The summed E-state index contributed by atoms with van der Waals surface area (Å²) < 4.78 is 2.11. The molecule has 0 unspecified atom stereocenters. The minimum Gasteiger partial charge on any atom is -0.384 e. The summed E-state index contributed by atoms with van der Waals surface area (Å²) in [4.78, 5) is 8.73. The van der Waals surface area contributed by atoms with Crippen LogP contribution in [0.5, 0.6) is 0 Å². The molecule has 21 heavy (non-hydrogen) atoms. The molecule has 1 aliphatic rings. The zero-order valence-corrected chi connectivity index (χ0v) is 11.9. The van der Waals surface area contributed by atoms with Crippen LogP contribution in [0.3, 0.4) is 0 Å². The van der Waals surface area contributed by atoms with Gasteiger partial charge in [-0.3, -0.25) is 9.55 Å². The number of aromatic nitrogens is 3. The Bertz CT molecular complexity index is 804. The molecule has 1 aliphatic heterocycles. The molecule has 0 fully saturated rings. The minimum atomic E-state index is 0.997. The van der Waals surface area contributed by atoms with Gasteiger partial charge in [0.25, 0.3) is 0 Å². The molecule has 0 radical (unpaired) electrons. The van der Waals surface area contributed by atoms with E-state index in [1.165, 1.54) is 16.8 Å². The molecule has 0 saturated carbocycles. The molecule has 3 aromatic rings. The molecule has 4 nitrogen and oxygen atoms in total. The molecule has 0 spiro atoms. The Kier molecular flexibility index (Phi) is 2.74. The number of hydrogen-bond donors (Lipinski definition) is 1. The number of nitrogens with zero attached hydrogens (tertiary/aromatic N) is 3. The van der Waals surface area contributed by atoms with Gasteiger partial charge in [-0.25, -0.2) is 4.98 Å². The molecule has 4 rings (SSSR count). The first kappa shape index (κ1) is 12.1. The lowest BCUT2D eigenvalue weighted by molar-refractivity contribution is 1.01. The van der Waals surface area contributed by atoms with Crippen LogP contribution in [0.1, 0.15) is 11.3 Å². The maximum atomic E-state index is 4.38. The van der Waals surface area contributed by atoms with Crippen molar-refractivity contribution in [2.24, 2.45) is 0 Å². The highest BCUT2D eigenvalue weighted by Gasteiger charge is 2.18. The van der Waals surface area contributed by atoms with Crippen molar-refractivity contribution in [2.45, 2.75) is 13.3 Å². The van der Waals surface area contributed by atoms with Gasteiger partial charge in [-0.2, -0.15) is 0 Å². The Morgan fingerprint density at radius 3 is 3.05 bits per heavy atom. The van der Waals surface area contributed by atoms with Crippen molar-refractivity contribution in [3.05, 3.63) is 60.3 Å². The third-order valence-electron chi connectivity index (χ3n) is 4.00. The van der Waals surface area contributed by atoms with E-state index in [0.29, 0.717) is 0 Å². The fraction of sp³-hybridized carbons (Fsp3) is 0.176. The summed E-state index contributed by atoms with van der Waals surface area (Å²) in [6.45, 7) is 3.03. The van der Waals surface area contributed by atoms with E-state index in [2.05, 4.69) is 44.1 Å². The number of imidazole rings is 1. The smallest absolute Gasteiger partial charge is 0.0997 e. The van der Waals surface area contributed by atoms with E-state index in [-0.39, 0.29) is 0 Å². The molecule has 0 atom stereocenters. The summed E-state index contributed by atoms with van der Waals surface area (Å²) in [6.07, 6.45) is 6.68. The lowest BCUT2D eigenvalue weighted by Gasteiger charge is -2.13. The van der Waals surface area contributed by atoms with Gasteiger partial charge in [0.2, 0.25) is 0 Å². The van der Waals surface area contributed by atoms with E-state index < -0.39 is 0 Å². The number of aryl methyl sites for hydroxylation is 1. The van der Waals surface area contributed by atoms with Gasteiger partial charge in [0, 0.05) is 24.0 Å². The van der Waals surface area contributed by atoms with Gasteiger partial charge in [0.1, 0.15) is 0 Å². The predicted octanol–water partition coefficient (Wildman–Crippen LogP) is 3.21. The Morgan fingerprint density at radius 1 is 1.19 bits per heavy atom. The summed E-state index contributed by atoms with van der Waals surface area (Å²) in [5.41, 5.74) is 6.98. The monoisotopic (exact) mass is 276 g/mol. The summed E-state index contributed by atoms with van der Waals surface area (Å²) in [7, 11) is 0. The summed E-state index contributed by atoms with van der Waals surface area (Å²) in [6, 6.07) is 10.5. The number of hydrogen-bond acceptors (Lipinski definition) is 3. The van der Waals surface area contributed by atoms with Crippen LogP contribution in [0.2, 0.25) is 0 Å². The first-order valence-electron chi connectivity index (χ1n) is 7.15. The van der Waals surface area contributed by atoms with Crippen molar-refractivity contribution >= 4 is 5.69 Å². The summed E-state index contributed by atoms with van der Waals surface area (Å²) in [5.74, 6) is 0. The van der Waals surface area contributed by atoms with E-state index in [1.54, 1.807) is 0 Å². The van der Waals surface area contributed by atoms with Crippen molar-refractivity contribution in [3.63, 3.8) is 0 Å². The number of rotatable bonds is 2. The second-order valence-corrected chi connectivity index (χ2v) is 5.27. The number of anilines is 1. The van der Waals surface area contributed by atoms with Crippen LogP contribution in [0.4, 0.5) is 5.69 Å². The molecule has 0 bridgehead atoms. The van der Waals surface area contributed by atoms with Crippen LogP contribution >= 0.6 is 0 Å². The molecule has 1 N–H and O–H groups in total. The second kappa shape index (κ2) is 4.74. The van der Waals surface area contributed by atoms with Crippen LogP contribution in [-0.4, -0.2) is 21.1 Å². The number of benzene rings is 1. The van der Waals surface area contributed by atoms with Crippen LogP contribution in [0, 0.1) is 6.92 Å². The van der Waals surface area contributed by atoms with Crippen molar-refractivity contribution in [1.29, 1.82) is 0 Å². The second-order valence-electron chi connectivity index (χ2n) is 5.27. The maximum absolute atomic E-state index is 4.38. The summed E-state index contributed by atoms with van der Waals surface area (Å²) in [5, 5.41) is 3.49. The Balaban J connectivity index is 1.91. The molecule has 1 aromatic carbocycles. The first-order valence-corrected chi connectivity index (χ1v) is 7.15. The fourth-order valence-corrected chi connectivity index (χ4v) is 2.97. The van der Waals surface area contributed by atoms with Gasteiger partial charge in [-0.15, -0.1) is 0 Å². The van der Waals surface area contributed by atoms with E-state index >= 15 is 0 Å². The Hall–Kier alpha value is -2.62. The largest absolute Gasteiger partial charge is 0.384 e.